The molecule has 57 nitrogen and oxygen atoms in total. The van der Waals surface area contributed by atoms with Crippen LogP contribution in [-0.2, 0) is 128 Å². The molecule has 0 saturated carbocycles. The molecule has 2 bridgehead atoms. The van der Waals surface area contributed by atoms with Crippen molar-refractivity contribution in [2.24, 2.45) is 34.6 Å². The van der Waals surface area contributed by atoms with Crippen molar-refractivity contribution in [2.45, 2.75) is 258 Å². The number of guanidine groups is 2. The first kappa shape index (κ1) is 121. The number of fused-ring (bicyclic) bond motifs is 6. The highest BCUT2D eigenvalue weighted by Gasteiger charge is 2.45. The highest BCUT2D eigenvalue weighted by molar-refractivity contribution is 8.76. The molecule has 37 N–H and O–H groups in total. The highest BCUT2D eigenvalue weighted by atomic mass is 33.1. The van der Waals surface area contributed by atoms with E-state index in [0.717, 1.165) is 30.9 Å². The predicted octanol–water partition coefficient (Wildman–Crippen LogP) is -11.4. The Balaban J connectivity index is 1.83. The van der Waals surface area contributed by atoms with Crippen molar-refractivity contribution < 1.29 is 146 Å². The van der Waals surface area contributed by atoms with Crippen LogP contribution in [0, 0.1) is 16.7 Å². The zero-order chi connectivity index (χ0) is 109. The lowest BCUT2D eigenvalue weighted by molar-refractivity contribution is -0.146. The Labute approximate surface area is 842 Å². The third-order valence-corrected chi connectivity index (χ3v) is 25.0. The Hall–Kier alpha value is -15.3. The second-order valence-corrected chi connectivity index (χ2v) is 37.3. The van der Waals surface area contributed by atoms with E-state index in [1.54, 1.807) is 6.07 Å². The Kier molecular flexibility index (Phi) is 50.6. The number of nitrogens with two attached hydrogens (primary N) is 5. The van der Waals surface area contributed by atoms with Gasteiger partial charge in [0, 0.05) is 56.8 Å². The summed E-state index contributed by atoms with van der Waals surface area (Å²) in [6.45, 7) is 2.67. The van der Waals surface area contributed by atoms with Gasteiger partial charge in [0.05, 0.1) is 32.3 Å². The van der Waals surface area contributed by atoms with Gasteiger partial charge in [-0.1, -0.05) is 77.9 Å². The molecule has 18 atom stereocenters. The average molecular weight is 2100 g/mol. The van der Waals surface area contributed by atoms with Crippen molar-refractivity contribution in [3.8, 4) is 5.75 Å². The number of primary amides is 2. The number of benzene rings is 2. The Morgan fingerprint density at radius 2 is 0.747 bits per heavy atom. The number of carbonyl (C=O) groups excluding carboxylic acids is 20. The number of phenolic OH excluding ortho intramolecular Hbond substituents is 1. The first-order chi connectivity index (χ1) is 68.9. The molecule has 0 spiro atoms. The fraction of sp³-hybridized carbons (Fsp3) is 0.563. The van der Waals surface area contributed by atoms with E-state index in [-0.39, 0.29) is 82.4 Å². The van der Waals surface area contributed by atoms with Crippen molar-refractivity contribution in [3.05, 3.63) is 65.7 Å². The minimum atomic E-state index is -2.28. The predicted molar refractivity (Wildman–Crippen MR) is 515 cm³/mol. The molecule has 3 aliphatic rings. The molecule has 0 aromatic heterocycles. The van der Waals surface area contributed by atoms with Gasteiger partial charge in [0.2, 0.25) is 118 Å². The van der Waals surface area contributed by atoms with Gasteiger partial charge in [-0.25, -0.2) is 0 Å². The summed E-state index contributed by atoms with van der Waals surface area (Å²) in [5, 5.41) is 122. The maximum absolute atomic E-state index is 15.6. The van der Waals surface area contributed by atoms with Crippen LogP contribution in [0.2, 0.25) is 0 Å². The van der Waals surface area contributed by atoms with Crippen LogP contribution in [0.5, 0.6) is 5.75 Å². The largest absolute Gasteiger partial charge is 0.508 e. The van der Waals surface area contributed by atoms with Crippen molar-refractivity contribution in [1.82, 2.24) is 106 Å². The first-order valence-electron chi connectivity index (χ1n) is 46.3. The monoisotopic (exact) mass is 2100 g/mol. The number of hydrogen-bond acceptors (Lipinski definition) is 31. The molecule has 3 aliphatic heterocycles. The summed E-state index contributed by atoms with van der Waals surface area (Å²) >= 11 is 0. The Bertz CT molecular complexity index is 5050. The number of carboxylic acids is 4. The minimum absolute atomic E-state index is 0.000236. The van der Waals surface area contributed by atoms with Crippen LogP contribution >= 0.6 is 21.6 Å². The Morgan fingerprint density at radius 3 is 1.19 bits per heavy atom. The van der Waals surface area contributed by atoms with E-state index in [0.29, 0.717) is 27.2 Å². The van der Waals surface area contributed by atoms with Crippen molar-refractivity contribution >= 4 is 176 Å². The first-order valence-corrected chi connectivity index (χ1v) is 48.8. The van der Waals surface area contributed by atoms with Gasteiger partial charge >= 0.3 is 23.9 Å². The van der Waals surface area contributed by atoms with Crippen LogP contribution in [0.3, 0.4) is 0 Å². The molecular formula is C87H129N27O30S2. The topological polar surface area (TPSA) is 941 Å². The van der Waals surface area contributed by atoms with Crippen molar-refractivity contribution in [3.63, 3.8) is 0 Å². The van der Waals surface area contributed by atoms with Gasteiger partial charge in [0.25, 0.3) is 0 Å². The van der Waals surface area contributed by atoms with Crippen LogP contribution in [-0.4, -0.2) is 343 Å². The smallest absolute Gasteiger partial charge is 0.305 e. The number of nitrogens with one attached hydrogen (secondary N) is 21. The minimum Gasteiger partial charge on any atom is -0.508 e. The number of aliphatic hydroxyl groups is 1. The van der Waals surface area contributed by atoms with Gasteiger partial charge in [0.1, 0.15) is 115 Å². The number of hydrogen-bond donors (Lipinski definition) is 32. The lowest BCUT2D eigenvalue weighted by Crippen LogP contribution is -2.62. The van der Waals surface area contributed by atoms with Gasteiger partial charge in [-0.2, -0.15) is 0 Å². The van der Waals surface area contributed by atoms with Crippen LogP contribution in [0.4, 0.5) is 0 Å². The number of carbonyl (C=O) groups is 24. The summed E-state index contributed by atoms with van der Waals surface area (Å²) < 4.78 is 0. The maximum Gasteiger partial charge on any atom is 0.305 e. The van der Waals surface area contributed by atoms with Crippen LogP contribution in [0.1, 0.15) is 148 Å². The van der Waals surface area contributed by atoms with Gasteiger partial charge in [0.15, 0.2) is 11.9 Å². The number of rotatable bonds is 32. The maximum atomic E-state index is 15.6. The molecule has 2 aromatic rings. The summed E-state index contributed by atoms with van der Waals surface area (Å²) in [4.78, 5) is 342. The highest BCUT2D eigenvalue weighted by Crippen LogP contribution is 2.26. The van der Waals surface area contributed by atoms with E-state index in [1.165, 1.54) is 50.2 Å². The van der Waals surface area contributed by atoms with E-state index in [1.807, 2.05) is 0 Å². The lowest BCUT2D eigenvalue weighted by Gasteiger charge is -2.30. The van der Waals surface area contributed by atoms with E-state index in [4.69, 9.17) is 39.5 Å². The van der Waals surface area contributed by atoms with E-state index >= 15 is 28.8 Å². The fourth-order valence-corrected chi connectivity index (χ4v) is 17.2. The summed E-state index contributed by atoms with van der Waals surface area (Å²) in [7, 11) is 1.16. The molecule has 804 valence electrons. The molecule has 59 heteroatoms. The van der Waals surface area contributed by atoms with Crippen molar-refractivity contribution in [2.75, 3.05) is 44.3 Å². The van der Waals surface area contributed by atoms with Gasteiger partial charge in [-0.3, -0.25) is 126 Å². The SMILES string of the molecule is CC1NC(=O)C(CCC(=O)O)NC(=O)C(CC(=O)O)NC(=O)C(C)NC(=O)C(CCC(N)=O)NC(=O)C(C(C)C)NC(=O)C(Cc2ccccc2)NC(=O)C(CC(=O)O)NC(=O)C(CO)NC(=O)C2CSSCC(NC(=O)C(CCCNC(=N)N)NC(=O)C(CCCNC(=N)N)NC1=O)C(=O)NC(Cc1ccc(O)cc1)C(=O)NC(CC(N)=O)C(=O)NC(CC(=O)O)C(=O)N1CCCC1C(=O)NC(CCCCN)C(=O)N2. The number of phenols is 1. The van der Waals surface area contributed by atoms with Crippen LogP contribution in [0.15, 0.2) is 54.6 Å². The normalized spacial score (nSPS) is 25.5. The number of unbranched alkanes of at least 4 members (excludes halogenated alkanes) is 1. The van der Waals surface area contributed by atoms with E-state index < -0.39 is 364 Å². The molecule has 3 saturated heterocycles. The standard InChI is InChI=1S/C87H129N27O30S2/c1-40(2)67-84(143)103-49(23-25-61(89)117)70(129)98-42(4)69(128)104-54(34-64(121)122)77(136)101-50(24-26-63(119)120)71(130)97-41(3)68(127)99-47(16-10-28-95-86(91)92)72(131)100-48(17-11-29-96-87(93)94)74(133)111-58-38-145-146-39-59(82(141)110-57(37-115)80(139)108-55(35-65(123)124)78(137)105-52(79(138)113-67)31-43-13-6-5-7-14-43)112-73(132)46(15-8-9-27-88)102-83(142)60-18-12-30-114(60)85(144)56(36-66(125)126)109-76(135)53(33-62(90)118)107-75(134)51(106-81(58)140)32-44-19-21-45(116)22-20-44/h5-7,13-14,19-22,40-42,46-60,67,115-116H,8-12,15-18,23-39,88H2,1-4H3,(H2,89,117)(H2,90,118)(H,97,130)(H,98,129)(H,99,127)(H,100,131)(H,101,136)(H,102,142)(H,103,143)(H,104,128)(H,105,137)(H,106,140)(H,107,134)(H,108,139)(H,109,135)(H,110,141)(H,111,133)(H,112,132)(H,113,138)(H,119,120)(H,121,122)(H,123,124)(H,125,126)(H4,91,92,95)(H4,93,94,96). The number of aromatic hydroxyl groups is 1. The second kappa shape index (κ2) is 61.0. The van der Waals surface area contributed by atoms with Crippen LogP contribution < -0.4 is 130 Å². The number of aliphatic carboxylic acids is 4. The molecule has 0 aliphatic carbocycles. The zero-order valence-corrected chi connectivity index (χ0v) is 81.8. The zero-order valence-electron chi connectivity index (χ0n) is 80.2. The molecule has 3 fully saturated rings. The lowest BCUT2D eigenvalue weighted by atomic mass is 9.99. The molecule has 20 amide bonds. The quantitative estimate of drug-likeness (QED) is 0.0140. The summed E-state index contributed by atoms with van der Waals surface area (Å²) in [5.41, 5.74) is 28.5. The molecule has 2 aromatic carbocycles. The third kappa shape index (κ3) is 42.3. The van der Waals surface area contributed by atoms with E-state index in [2.05, 4.69) is 101 Å². The molecule has 146 heavy (non-hydrogen) atoms. The molecular weight excluding hydrogens is 1970 g/mol. The van der Waals surface area contributed by atoms with Gasteiger partial charge in [-0.05, 0) is 120 Å². The number of nitrogens with zero attached hydrogens (tertiary/aromatic N) is 1. The van der Waals surface area contributed by atoms with E-state index in [9.17, 15) is 117 Å². The van der Waals surface area contributed by atoms with Gasteiger partial charge < -0.3 is 165 Å². The summed E-state index contributed by atoms with van der Waals surface area (Å²) in [6.07, 6.45) is -10.7. The molecule has 0 radical (unpaired) electrons. The molecule has 18 unspecified atom stereocenters. The second-order valence-electron chi connectivity index (χ2n) is 34.7. The number of carboxylic acid groups (broad SMARTS) is 4. The number of aliphatic hydroxyl groups excluding tert-OH is 1. The van der Waals surface area contributed by atoms with Crippen LogP contribution in [0.25, 0.3) is 0 Å². The molecule has 5 rings (SSSR count). The van der Waals surface area contributed by atoms with Crippen molar-refractivity contribution in [1.29, 1.82) is 10.8 Å². The molecule has 3 heterocycles. The third-order valence-electron chi connectivity index (χ3n) is 22.6. The fourth-order valence-electron chi connectivity index (χ4n) is 14.8. The average Bonchev–Trinajstić information content (AvgIpc) is 1.64. The summed E-state index contributed by atoms with van der Waals surface area (Å²) in [5.74, 6) is -37.0. The summed E-state index contributed by atoms with van der Waals surface area (Å²) in [6, 6.07) is -23.0. The Morgan fingerprint density at radius 1 is 0.390 bits per heavy atom. The van der Waals surface area contributed by atoms with Gasteiger partial charge in [-0.15, -0.1) is 0 Å². The number of amides is 20.